The topological polar surface area (TPSA) is 24.9 Å². The molecule has 0 aliphatic heterocycles. The highest BCUT2D eigenvalue weighted by molar-refractivity contribution is 7.12. The van der Waals surface area contributed by atoms with Crippen LogP contribution < -0.4 is 5.32 Å². The first-order valence-corrected chi connectivity index (χ1v) is 8.50. The van der Waals surface area contributed by atoms with Crippen LogP contribution in [0.5, 0.6) is 0 Å². The van der Waals surface area contributed by atoms with Gasteiger partial charge in [0.15, 0.2) is 0 Å². The number of hydrogen-bond donors (Lipinski definition) is 1. The summed E-state index contributed by atoms with van der Waals surface area (Å²) in [7, 11) is 0. The maximum atomic E-state index is 4.99. The largest absolute Gasteiger partial charge is 0.307 e. The maximum absolute atomic E-state index is 4.99. The maximum Gasteiger partial charge on any atom is 0.0994 e. The molecule has 1 N–H and O–H groups in total. The van der Waals surface area contributed by atoms with Gasteiger partial charge in [0.25, 0.3) is 0 Å². The highest BCUT2D eigenvalue weighted by Gasteiger charge is 2.42. The SMILES string of the molecule is CC(C)(C)NCc1sc(C2(C)CC2)nc1-c1ccccc1. The zero-order chi connectivity index (χ0) is 15.1. The van der Waals surface area contributed by atoms with Gasteiger partial charge >= 0.3 is 0 Å². The van der Waals surface area contributed by atoms with Crippen molar-refractivity contribution in [2.45, 2.75) is 58.0 Å². The van der Waals surface area contributed by atoms with Gasteiger partial charge in [-0.1, -0.05) is 37.3 Å². The van der Waals surface area contributed by atoms with Crippen molar-refractivity contribution in [3.63, 3.8) is 0 Å². The summed E-state index contributed by atoms with van der Waals surface area (Å²) in [5.41, 5.74) is 2.87. The van der Waals surface area contributed by atoms with E-state index in [0.29, 0.717) is 5.41 Å². The molecule has 2 nitrogen and oxygen atoms in total. The summed E-state index contributed by atoms with van der Waals surface area (Å²) in [6, 6.07) is 10.6. The minimum atomic E-state index is 0.127. The van der Waals surface area contributed by atoms with E-state index in [1.807, 2.05) is 11.3 Å². The number of rotatable bonds is 4. The average molecular weight is 300 g/mol. The fourth-order valence-electron chi connectivity index (χ4n) is 2.30. The molecule has 1 fully saturated rings. The number of benzene rings is 1. The molecule has 1 aliphatic carbocycles. The van der Waals surface area contributed by atoms with E-state index < -0.39 is 0 Å². The minimum Gasteiger partial charge on any atom is -0.307 e. The molecule has 1 aromatic heterocycles. The van der Waals surface area contributed by atoms with Crippen LogP contribution >= 0.6 is 11.3 Å². The van der Waals surface area contributed by atoms with Gasteiger partial charge in [0.2, 0.25) is 0 Å². The molecular formula is C18H24N2S. The number of aromatic nitrogens is 1. The van der Waals surface area contributed by atoms with Crippen molar-refractivity contribution in [2.24, 2.45) is 0 Å². The van der Waals surface area contributed by atoms with Crippen LogP contribution in [0.3, 0.4) is 0 Å². The molecule has 1 aliphatic rings. The van der Waals surface area contributed by atoms with Gasteiger partial charge in [0.05, 0.1) is 10.7 Å². The van der Waals surface area contributed by atoms with Crippen LogP contribution in [0.4, 0.5) is 0 Å². The van der Waals surface area contributed by atoms with Gasteiger partial charge < -0.3 is 5.32 Å². The Morgan fingerprint density at radius 3 is 2.43 bits per heavy atom. The molecule has 112 valence electrons. The first-order valence-electron chi connectivity index (χ1n) is 7.68. The summed E-state index contributed by atoms with van der Waals surface area (Å²) < 4.78 is 0. The highest BCUT2D eigenvalue weighted by atomic mass is 32.1. The first-order chi connectivity index (χ1) is 9.87. The summed E-state index contributed by atoms with van der Waals surface area (Å²) >= 11 is 1.89. The van der Waals surface area contributed by atoms with Crippen molar-refractivity contribution in [3.05, 3.63) is 40.2 Å². The lowest BCUT2D eigenvalue weighted by molar-refractivity contribution is 0.426. The van der Waals surface area contributed by atoms with E-state index in [1.165, 1.54) is 34.0 Å². The molecule has 0 saturated heterocycles. The molecule has 0 bridgehead atoms. The van der Waals surface area contributed by atoms with Gasteiger partial charge in [0.1, 0.15) is 0 Å². The van der Waals surface area contributed by atoms with Crippen LogP contribution in [0.25, 0.3) is 11.3 Å². The molecule has 2 aromatic rings. The van der Waals surface area contributed by atoms with Crippen molar-refractivity contribution in [2.75, 3.05) is 0 Å². The summed E-state index contributed by atoms with van der Waals surface area (Å²) in [5, 5.41) is 4.92. The highest BCUT2D eigenvalue weighted by Crippen LogP contribution is 2.50. The quantitative estimate of drug-likeness (QED) is 0.881. The van der Waals surface area contributed by atoms with Gasteiger partial charge in [0, 0.05) is 27.9 Å². The lowest BCUT2D eigenvalue weighted by Crippen LogP contribution is -2.34. The Morgan fingerprint density at radius 1 is 1.19 bits per heavy atom. The van der Waals surface area contributed by atoms with E-state index in [1.54, 1.807) is 0 Å². The second-order valence-corrected chi connectivity index (χ2v) is 8.40. The van der Waals surface area contributed by atoms with Gasteiger partial charge in [-0.2, -0.15) is 0 Å². The third-order valence-electron chi connectivity index (χ3n) is 4.04. The molecule has 3 rings (SSSR count). The van der Waals surface area contributed by atoms with Crippen molar-refractivity contribution >= 4 is 11.3 Å². The van der Waals surface area contributed by atoms with Crippen LogP contribution in [0.2, 0.25) is 0 Å². The van der Waals surface area contributed by atoms with E-state index in [0.717, 1.165) is 6.54 Å². The molecule has 0 atom stereocenters. The summed E-state index contributed by atoms with van der Waals surface area (Å²) in [6.45, 7) is 9.85. The molecular weight excluding hydrogens is 276 g/mol. The van der Waals surface area contributed by atoms with Gasteiger partial charge in [-0.15, -0.1) is 11.3 Å². The number of nitrogens with zero attached hydrogens (tertiary/aromatic N) is 1. The zero-order valence-corrected chi connectivity index (χ0v) is 14.2. The predicted octanol–water partition coefficient (Wildman–Crippen LogP) is 4.75. The Kier molecular flexibility index (Phi) is 3.66. The molecule has 0 unspecified atom stereocenters. The standard InChI is InChI=1S/C18H24N2S/c1-17(2,3)19-12-14-15(13-8-6-5-7-9-13)20-16(21-14)18(4)10-11-18/h5-9,19H,10-12H2,1-4H3. The number of nitrogens with one attached hydrogen (secondary N) is 1. The Hall–Kier alpha value is -1.19. The van der Waals surface area contributed by atoms with Crippen molar-refractivity contribution in [1.29, 1.82) is 0 Å². The van der Waals surface area contributed by atoms with E-state index >= 15 is 0 Å². The lowest BCUT2D eigenvalue weighted by Gasteiger charge is -2.20. The normalized spacial score (nSPS) is 17.0. The fourth-order valence-corrected chi connectivity index (χ4v) is 3.52. The second kappa shape index (κ2) is 5.22. The molecule has 3 heteroatoms. The molecule has 0 spiro atoms. The van der Waals surface area contributed by atoms with Crippen LogP contribution in [-0.2, 0) is 12.0 Å². The Morgan fingerprint density at radius 2 is 1.86 bits per heavy atom. The monoisotopic (exact) mass is 300 g/mol. The predicted molar refractivity (Wildman–Crippen MR) is 90.7 cm³/mol. The van der Waals surface area contributed by atoms with Crippen LogP contribution in [-0.4, -0.2) is 10.5 Å². The summed E-state index contributed by atoms with van der Waals surface area (Å²) in [6.07, 6.45) is 2.56. The van der Waals surface area contributed by atoms with E-state index in [4.69, 9.17) is 4.98 Å². The van der Waals surface area contributed by atoms with Crippen molar-refractivity contribution in [3.8, 4) is 11.3 Å². The second-order valence-electron chi connectivity index (χ2n) is 7.32. The lowest BCUT2D eigenvalue weighted by atomic mass is 10.1. The Balaban J connectivity index is 1.94. The smallest absolute Gasteiger partial charge is 0.0994 e. The average Bonchev–Trinajstić information content (AvgIpc) is 3.04. The number of hydrogen-bond acceptors (Lipinski definition) is 3. The summed E-state index contributed by atoms with van der Waals surface area (Å²) in [5.74, 6) is 0. The van der Waals surface area contributed by atoms with Crippen molar-refractivity contribution < 1.29 is 0 Å². The van der Waals surface area contributed by atoms with E-state index in [-0.39, 0.29) is 5.54 Å². The summed E-state index contributed by atoms with van der Waals surface area (Å²) in [4.78, 5) is 6.35. The van der Waals surface area contributed by atoms with Crippen LogP contribution in [0, 0.1) is 0 Å². The molecule has 1 aromatic carbocycles. The van der Waals surface area contributed by atoms with Crippen molar-refractivity contribution in [1.82, 2.24) is 10.3 Å². The van der Waals surface area contributed by atoms with Crippen LogP contribution in [0.15, 0.2) is 30.3 Å². The van der Waals surface area contributed by atoms with Gasteiger partial charge in [-0.05, 0) is 33.6 Å². The molecule has 1 saturated carbocycles. The molecule has 21 heavy (non-hydrogen) atoms. The third kappa shape index (κ3) is 3.35. The van der Waals surface area contributed by atoms with E-state index in [9.17, 15) is 0 Å². The van der Waals surface area contributed by atoms with E-state index in [2.05, 4.69) is 63.3 Å². The molecule has 0 radical (unpaired) electrons. The van der Waals surface area contributed by atoms with Gasteiger partial charge in [-0.3, -0.25) is 0 Å². The Bertz CT molecular complexity index is 618. The zero-order valence-electron chi connectivity index (χ0n) is 13.4. The van der Waals surface area contributed by atoms with Crippen LogP contribution in [0.1, 0.15) is 50.4 Å². The molecule has 1 heterocycles. The third-order valence-corrected chi connectivity index (χ3v) is 5.40. The minimum absolute atomic E-state index is 0.127. The number of thiazole rings is 1. The molecule has 0 amide bonds. The van der Waals surface area contributed by atoms with Gasteiger partial charge in [-0.25, -0.2) is 4.98 Å². The Labute approximate surface area is 131 Å². The fraction of sp³-hybridized carbons (Fsp3) is 0.500. The first kappa shape index (κ1) is 14.7.